The lowest BCUT2D eigenvalue weighted by molar-refractivity contribution is -0.127. The number of hydrogen-bond donors (Lipinski definition) is 1. The van der Waals surface area contributed by atoms with Crippen LogP contribution in [0.3, 0.4) is 0 Å². The second-order valence-corrected chi connectivity index (χ2v) is 9.13. The number of thiophene rings is 1. The summed E-state index contributed by atoms with van der Waals surface area (Å²) in [7, 11) is 0. The van der Waals surface area contributed by atoms with Crippen LogP contribution in [0.25, 0.3) is 0 Å². The van der Waals surface area contributed by atoms with Crippen molar-refractivity contribution in [3.05, 3.63) is 76.7 Å². The van der Waals surface area contributed by atoms with Crippen molar-refractivity contribution in [2.45, 2.75) is 51.1 Å². The maximum absolute atomic E-state index is 13.8. The summed E-state index contributed by atoms with van der Waals surface area (Å²) < 4.78 is 5.87. The minimum absolute atomic E-state index is 0.137. The van der Waals surface area contributed by atoms with Crippen molar-refractivity contribution in [2.24, 2.45) is 0 Å². The SMILES string of the molecule is CCOc1ccccc1N(C(=O)Cc1cccs1)[C@H](C(=O)NC1CCCC1)c1ccncc1. The molecule has 0 bridgehead atoms. The highest BCUT2D eigenvalue weighted by Gasteiger charge is 2.35. The van der Waals surface area contributed by atoms with E-state index in [1.807, 2.05) is 48.7 Å². The first-order valence-electron chi connectivity index (χ1n) is 11.4. The average molecular weight is 464 g/mol. The minimum atomic E-state index is -0.831. The Morgan fingerprint density at radius 3 is 2.58 bits per heavy atom. The monoisotopic (exact) mass is 463 g/mol. The van der Waals surface area contributed by atoms with Crippen LogP contribution in [-0.2, 0) is 16.0 Å². The normalized spacial score (nSPS) is 14.6. The van der Waals surface area contributed by atoms with E-state index < -0.39 is 6.04 Å². The van der Waals surface area contributed by atoms with Gasteiger partial charge in [-0.25, -0.2) is 0 Å². The van der Waals surface area contributed by atoms with Crippen LogP contribution >= 0.6 is 11.3 Å². The van der Waals surface area contributed by atoms with Crippen molar-refractivity contribution < 1.29 is 14.3 Å². The molecule has 0 spiro atoms. The molecule has 1 aromatic carbocycles. The van der Waals surface area contributed by atoms with Crippen molar-refractivity contribution in [1.29, 1.82) is 0 Å². The first-order valence-corrected chi connectivity index (χ1v) is 12.3. The van der Waals surface area contributed by atoms with E-state index in [1.54, 1.807) is 29.4 Å². The molecular weight excluding hydrogens is 434 g/mol. The zero-order valence-electron chi connectivity index (χ0n) is 18.8. The fraction of sp³-hybridized carbons (Fsp3) is 0.346. The molecule has 1 N–H and O–H groups in total. The van der Waals surface area contributed by atoms with Crippen LogP contribution in [0.2, 0.25) is 0 Å². The van der Waals surface area contributed by atoms with Gasteiger partial charge in [-0.2, -0.15) is 0 Å². The molecule has 1 aliphatic rings. The molecule has 0 aliphatic heterocycles. The summed E-state index contributed by atoms with van der Waals surface area (Å²) in [5.74, 6) is 0.235. The van der Waals surface area contributed by atoms with E-state index >= 15 is 0 Å². The first kappa shape index (κ1) is 23.0. The number of pyridine rings is 1. The summed E-state index contributed by atoms with van der Waals surface area (Å²) in [4.78, 5) is 34.2. The van der Waals surface area contributed by atoms with E-state index in [4.69, 9.17) is 4.74 Å². The highest BCUT2D eigenvalue weighted by molar-refractivity contribution is 7.10. The van der Waals surface area contributed by atoms with Gasteiger partial charge in [0.2, 0.25) is 11.8 Å². The predicted octanol–water partition coefficient (Wildman–Crippen LogP) is 4.92. The van der Waals surface area contributed by atoms with Gasteiger partial charge < -0.3 is 10.1 Å². The third-order valence-corrected chi connectivity index (χ3v) is 6.71. The molecule has 2 aromatic heterocycles. The number of para-hydroxylation sites is 2. The standard InChI is InChI=1S/C26H29N3O3S/c1-2-32-23-12-6-5-11-22(23)29(24(30)18-21-10-7-17-33-21)25(19-13-15-27-16-14-19)26(31)28-20-8-3-4-9-20/h5-7,10-17,20,25H,2-4,8-9,18H2,1H3,(H,28,31)/t25-/m0/s1. The van der Waals surface area contributed by atoms with Gasteiger partial charge in [-0.1, -0.05) is 31.0 Å². The molecule has 3 aromatic rings. The van der Waals surface area contributed by atoms with Gasteiger partial charge in [0.1, 0.15) is 11.8 Å². The summed E-state index contributed by atoms with van der Waals surface area (Å²) in [5, 5.41) is 5.15. The highest BCUT2D eigenvalue weighted by Crippen LogP contribution is 2.36. The van der Waals surface area contributed by atoms with Crippen molar-refractivity contribution in [3.63, 3.8) is 0 Å². The van der Waals surface area contributed by atoms with Gasteiger partial charge in [-0.3, -0.25) is 19.5 Å². The number of aromatic nitrogens is 1. The third kappa shape index (κ3) is 5.60. The van der Waals surface area contributed by atoms with Gasteiger partial charge in [0.15, 0.2) is 0 Å². The number of amides is 2. The first-order chi connectivity index (χ1) is 16.2. The number of rotatable bonds is 9. The maximum atomic E-state index is 13.8. The third-order valence-electron chi connectivity index (χ3n) is 5.83. The van der Waals surface area contributed by atoms with E-state index in [0.717, 1.165) is 30.6 Å². The van der Waals surface area contributed by atoms with Crippen LogP contribution in [0, 0.1) is 0 Å². The Hall–Kier alpha value is -3.19. The molecule has 33 heavy (non-hydrogen) atoms. The van der Waals surface area contributed by atoms with Crippen molar-refractivity contribution >= 4 is 28.8 Å². The Morgan fingerprint density at radius 2 is 1.88 bits per heavy atom. The Balaban J connectivity index is 1.78. The Labute approximate surface area is 198 Å². The van der Waals surface area contributed by atoms with Gasteiger partial charge >= 0.3 is 0 Å². The molecule has 1 saturated carbocycles. The molecule has 0 unspecified atom stereocenters. The molecule has 1 atom stereocenters. The molecule has 6 nitrogen and oxygen atoms in total. The molecular formula is C26H29N3O3S. The Kier molecular flexibility index (Phi) is 7.73. The lowest BCUT2D eigenvalue weighted by atomic mass is 10.0. The van der Waals surface area contributed by atoms with E-state index in [0.29, 0.717) is 23.6 Å². The molecule has 1 aliphatic carbocycles. The summed E-state index contributed by atoms with van der Waals surface area (Å²) in [6.45, 7) is 2.36. The van der Waals surface area contributed by atoms with E-state index in [9.17, 15) is 9.59 Å². The summed E-state index contributed by atoms with van der Waals surface area (Å²) in [6.07, 6.45) is 7.67. The number of anilines is 1. The van der Waals surface area contributed by atoms with Gasteiger partial charge in [0, 0.05) is 23.3 Å². The quantitative estimate of drug-likeness (QED) is 0.489. The Bertz CT molecular complexity index is 1050. The van der Waals surface area contributed by atoms with Gasteiger partial charge in [-0.05, 0) is 61.0 Å². The predicted molar refractivity (Wildman–Crippen MR) is 130 cm³/mol. The average Bonchev–Trinajstić information content (AvgIpc) is 3.53. The topological polar surface area (TPSA) is 71.5 Å². The molecule has 1 fully saturated rings. The lowest BCUT2D eigenvalue weighted by Crippen LogP contribution is -2.47. The summed E-state index contributed by atoms with van der Waals surface area (Å²) in [5.41, 5.74) is 1.30. The van der Waals surface area contributed by atoms with Crippen LogP contribution in [0.4, 0.5) is 5.69 Å². The van der Waals surface area contributed by atoms with Gasteiger partial charge in [0.25, 0.3) is 0 Å². The molecule has 172 valence electrons. The molecule has 7 heteroatoms. The number of hydrogen-bond acceptors (Lipinski definition) is 5. The molecule has 4 rings (SSSR count). The van der Waals surface area contributed by atoms with Crippen LogP contribution in [0.5, 0.6) is 5.75 Å². The number of nitrogens with one attached hydrogen (secondary N) is 1. The largest absolute Gasteiger partial charge is 0.492 e. The van der Waals surface area contributed by atoms with Gasteiger partial charge in [-0.15, -0.1) is 11.3 Å². The van der Waals surface area contributed by atoms with Crippen LogP contribution < -0.4 is 15.0 Å². The Morgan fingerprint density at radius 1 is 1.12 bits per heavy atom. The van der Waals surface area contributed by atoms with Crippen molar-refractivity contribution in [3.8, 4) is 5.75 Å². The molecule has 2 amide bonds. The van der Waals surface area contributed by atoms with E-state index in [1.165, 1.54) is 11.3 Å². The number of benzene rings is 1. The maximum Gasteiger partial charge on any atom is 0.248 e. The fourth-order valence-electron chi connectivity index (χ4n) is 4.31. The molecule has 2 heterocycles. The number of ether oxygens (including phenoxy) is 1. The smallest absolute Gasteiger partial charge is 0.248 e. The summed E-state index contributed by atoms with van der Waals surface area (Å²) >= 11 is 1.53. The van der Waals surface area contributed by atoms with Crippen LogP contribution in [-0.4, -0.2) is 29.4 Å². The van der Waals surface area contributed by atoms with Crippen LogP contribution in [0.1, 0.15) is 49.1 Å². The lowest BCUT2D eigenvalue weighted by Gasteiger charge is -2.33. The van der Waals surface area contributed by atoms with Crippen molar-refractivity contribution in [1.82, 2.24) is 10.3 Å². The second-order valence-electron chi connectivity index (χ2n) is 8.09. The van der Waals surface area contributed by atoms with Crippen molar-refractivity contribution in [2.75, 3.05) is 11.5 Å². The van der Waals surface area contributed by atoms with E-state index in [2.05, 4.69) is 10.3 Å². The number of nitrogens with zero attached hydrogens (tertiary/aromatic N) is 2. The zero-order valence-corrected chi connectivity index (χ0v) is 19.6. The fourth-order valence-corrected chi connectivity index (χ4v) is 5.01. The molecule has 0 saturated heterocycles. The molecule has 0 radical (unpaired) electrons. The van der Waals surface area contributed by atoms with Gasteiger partial charge in [0.05, 0.1) is 18.7 Å². The highest BCUT2D eigenvalue weighted by atomic mass is 32.1. The van der Waals surface area contributed by atoms with E-state index in [-0.39, 0.29) is 24.3 Å². The minimum Gasteiger partial charge on any atom is -0.492 e. The zero-order chi connectivity index (χ0) is 23.0. The number of carbonyl (C=O) groups is 2. The number of carbonyl (C=O) groups excluding carboxylic acids is 2. The summed E-state index contributed by atoms with van der Waals surface area (Å²) in [6, 6.07) is 14.2. The van der Waals surface area contributed by atoms with Crippen LogP contribution in [0.15, 0.2) is 66.3 Å². The second kappa shape index (κ2) is 11.1.